The lowest BCUT2D eigenvalue weighted by atomic mass is 10.1. The largest absolute Gasteiger partial charge is 0.381 e. The molecule has 0 N–H and O–H groups in total. The van der Waals surface area contributed by atoms with Crippen LogP contribution in [0.2, 0.25) is 0 Å². The van der Waals surface area contributed by atoms with E-state index in [9.17, 15) is 0 Å². The molecule has 0 radical (unpaired) electrons. The Morgan fingerprint density at radius 2 is 2.14 bits per heavy atom. The zero-order valence-corrected chi connectivity index (χ0v) is 12.7. The Labute approximate surface area is 127 Å². The predicted molar refractivity (Wildman–Crippen MR) is 80.1 cm³/mol. The molecule has 0 aliphatic carbocycles. The topological polar surface area (TPSA) is 51.4 Å². The third-order valence-electron chi connectivity index (χ3n) is 4.46. The van der Waals surface area contributed by atoms with Gasteiger partial charge in [-0.25, -0.2) is 0 Å². The van der Waals surface area contributed by atoms with Crippen molar-refractivity contribution in [3.63, 3.8) is 0 Å². The smallest absolute Gasteiger partial charge is 0.244 e. The molecule has 2 aliphatic rings. The molecule has 0 unspecified atom stereocenters. The van der Waals surface area contributed by atoms with E-state index in [4.69, 9.17) is 9.26 Å². The van der Waals surface area contributed by atoms with Crippen LogP contribution in [0, 0.1) is 0 Å². The fraction of sp³-hybridized carbons (Fsp3) is 0.600. The van der Waals surface area contributed by atoms with Gasteiger partial charge < -0.3 is 9.26 Å². The number of likely N-dealkylation sites (tertiary alicyclic amines) is 1. The molecule has 1 atom stereocenters. The molecule has 112 valence electrons. The second-order valence-electron chi connectivity index (χ2n) is 5.71. The quantitative estimate of drug-likeness (QED) is 0.872. The highest BCUT2D eigenvalue weighted by Crippen LogP contribution is 2.35. The van der Waals surface area contributed by atoms with E-state index in [1.807, 2.05) is 11.4 Å². The van der Waals surface area contributed by atoms with Crippen molar-refractivity contribution in [2.24, 2.45) is 0 Å². The van der Waals surface area contributed by atoms with Gasteiger partial charge in [0.2, 0.25) is 11.7 Å². The summed E-state index contributed by atoms with van der Waals surface area (Å²) in [6.45, 7) is 2.88. The first-order valence-electron chi connectivity index (χ1n) is 7.61. The summed E-state index contributed by atoms with van der Waals surface area (Å²) in [6.07, 6.45) is 4.55. The van der Waals surface area contributed by atoms with Gasteiger partial charge in [0.1, 0.15) is 0 Å². The first-order chi connectivity index (χ1) is 10.4. The van der Waals surface area contributed by atoms with E-state index in [0.29, 0.717) is 11.9 Å². The minimum absolute atomic E-state index is 0.285. The molecule has 4 rings (SSSR count). The minimum atomic E-state index is 0.285. The number of ether oxygens (including phenoxy) is 1. The zero-order chi connectivity index (χ0) is 14.1. The van der Waals surface area contributed by atoms with Crippen LogP contribution >= 0.6 is 11.3 Å². The third kappa shape index (κ3) is 2.63. The lowest BCUT2D eigenvalue weighted by Crippen LogP contribution is -2.39. The summed E-state index contributed by atoms with van der Waals surface area (Å²) in [4.78, 5) is 7.18. The van der Waals surface area contributed by atoms with Crippen LogP contribution in [-0.4, -0.2) is 40.8 Å². The summed E-state index contributed by atoms with van der Waals surface area (Å²) >= 11 is 1.65. The van der Waals surface area contributed by atoms with Gasteiger partial charge in [-0.15, -0.1) is 0 Å². The lowest BCUT2D eigenvalue weighted by Gasteiger charge is -2.33. The third-order valence-corrected chi connectivity index (χ3v) is 5.14. The van der Waals surface area contributed by atoms with Crippen LogP contribution in [-0.2, 0) is 4.74 Å². The van der Waals surface area contributed by atoms with Gasteiger partial charge in [-0.1, -0.05) is 5.16 Å². The Bertz CT molecular complexity index is 578. The van der Waals surface area contributed by atoms with Crippen molar-refractivity contribution in [2.75, 3.05) is 19.8 Å². The summed E-state index contributed by atoms with van der Waals surface area (Å²) in [6, 6.07) is 2.92. The van der Waals surface area contributed by atoms with Crippen molar-refractivity contribution in [1.29, 1.82) is 0 Å². The monoisotopic (exact) mass is 305 g/mol. The average Bonchev–Trinajstić information content (AvgIpc) is 3.27. The Morgan fingerprint density at radius 1 is 1.24 bits per heavy atom. The van der Waals surface area contributed by atoms with Gasteiger partial charge in [0.15, 0.2) is 0 Å². The highest BCUT2D eigenvalue weighted by atomic mass is 32.1. The fourth-order valence-electron chi connectivity index (χ4n) is 3.39. The van der Waals surface area contributed by atoms with Gasteiger partial charge in [0, 0.05) is 30.2 Å². The molecule has 2 aromatic rings. The van der Waals surface area contributed by atoms with Crippen molar-refractivity contribution in [1.82, 2.24) is 15.0 Å². The number of hydrogen-bond acceptors (Lipinski definition) is 6. The highest BCUT2D eigenvalue weighted by Gasteiger charge is 2.35. The molecule has 0 saturated carbocycles. The average molecular weight is 305 g/mol. The van der Waals surface area contributed by atoms with Gasteiger partial charge in [-0.2, -0.15) is 16.3 Å². The van der Waals surface area contributed by atoms with E-state index in [2.05, 4.69) is 20.4 Å². The maximum absolute atomic E-state index is 5.56. The molecule has 2 aliphatic heterocycles. The molecule has 2 aromatic heterocycles. The fourth-order valence-corrected chi connectivity index (χ4v) is 4.02. The van der Waals surface area contributed by atoms with Crippen LogP contribution in [0.1, 0.15) is 37.6 Å². The summed E-state index contributed by atoms with van der Waals surface area (Å²) in [5, 5.41) is 8.24. The van der Waals surface area contributed by atoms with Crippen LogP contribution < -0.4 is 0 Å². The van der Waals surface area contributed by atoms with E-state index in [-0.39, 0.29) is 6.04 Å². The number of aromatic nitrogens is 2. The Morgan fingerprint density at radius 3 is 2.95 bits per heavy atom. The van der Waals surface area contributed by atoms with E-state index in [1.165, 1.54) is 6.42 Å². The van der Waals surface area contributed by atoms with Gasteiger partial charge in [-0.3, -0.25) is 4.90 Å². The number of thiophene rings is 1. The molecule has 2 saturated heterocycles. The van der Waals surface area contributed by atoms with E-state index in [0.717, 1.165) is 50.5 Å². The summed E-state index contributed by atoms with van der Waals surface area (Å²) in [5.74, 6) is 1.49. The van der Waals surface area contributed by atoms with Gasteiger partial charge in [-0.05, 0) is 43.7 Å². The summed E-state index contributed by atoms with van der Waals surface area (Å²) in [5.41, 5.74) is 1.05. The SMILES string of the molecule is c1cc(-c2noc([C@@H]3CCCN3C3CCOCC3)n2)cs1. The molecular weight excluding hydrogens is 286 g/mol. The van der Waals surface area contributed by atoms with Crippen LogP contribution in [0.15, 0.2) is 21.3 Å². The molecule has 0 amide bonds. The van der Waals surface area contributed by atoms with Gasteiger partial charge in [0.25, 0.3) is 0 Å². The summed E-state index contributed by atoms with van der Waals surface area (Å²) in [7, 11) is 0. The minimum Gasteiger partial charge on any atom is -0.381 e. The second-order valence-corrected chi connectivity index (χ2v) is 6.49. The molecule has 21 heavy (non-hydrogen) atoms. The lowest BCUT2D eigenvalue weighted by molar-refractivity contribution is 0.0243. The van der Waals surface area contributed by atoms with Gasteiger partial charge in [0.05, 0.1) is 6.04 Å². The van der Waals surface area contributed by atoms with Crippen LogP contribution in [0.5, 0.6) is 0 Å². The maximum Gasteiger partial charge on any atom is 0.244 e. The van der Waals surface area contributed by atoms with Crippen LogP contribution in [0.25, 0.3) is 11.4 Å². The number of nitrogens with zero attached hydrogens (tertiary/aromatic N) is 3. The second kappa shape index (κ2) is 5.87. The first kappa shape index (κ1) is 13.4. The molecule has 2 fully saturated rings. The normalized spacial score (nSPS) is 24.7. The first-order valence-corrected chi connectivity index (χ1v) is 8.56. The predicted octanol–water partition coefficient (Wildman–Crippen LogP) is 3.11. The molecule has 0 aromatic carbocycles. The standard InChI is InChI=1S/C15H19N3O2S/c1-2-13(18(6-1)12-3-7-19-8-4-12)15-16-14(17-20-15)11-5-9-21-10-11/h5,9-10,12-13H,1-4,6-8H2/t13-/m0/s1. The molecule has 4 heterocycles. The van der Waals surface area contributed by atoms with Crippen molar-refractivity contribution in [3.8, 4) is 11.4 Å². The Kier molecular flexibility index (Phi) is 3.75. The number of rotatable bonds is 3. The molecule has 0 spiro atoms. The summed E-state index contributed by atoms with van der Waals surface area (Å²) < 4.78 is 11.0. The molecule has 6 heteroatoms. The van der Waals surface area contributed by atoms with Crippen molar-refractivity contribution >= 4 is 11.3 Å². The van der Waals surface area contributed by atoms with Crippen molar-refractivity contribution < 1.29 is 9.26 Å². The maximum atomic E-state index is 5.56. The van der Waals surface area contributed by atoms with Crippen LogP contribution in [0.4, 0.5) is 0 Å². The highest BCUT2D eigenvalue weighted by molar-refractivity contribution is 7.08. The zero-order valence-electron chi connectivity index (χ0n) is 11.9. The van der Waals surface area contributed by atoms with Crippen molar-refractivity contribution in [2.45, 2.75) is 37.8 Å². The van der Waals surface area contributed by atoms with Crippen molar-refractivity contribution in [3.05, 3.63) is 22.7 Å². The number of hydrogen-bond donors (Lipinski definition) is 0. The van der Waals surface area contributed by atoms with E-state index < -0.39 is 0 Å². The molecule has 5 nitrogen and oxygen atoms in total. The van der Waals surface area contributed by atoms with E-state index >= 15 is 0 Å². The molecular formula is C15H19N3O2S. The van der Waals surface area contributed by atoms with Gasteiger partial charge >= 0.3 is 0 Å². The Hall–Kier alpha value is -1.24. The Balaban J connectivity index is 1.54. The van der Waals surface area contributed by atoms with Crippen LogP contribution in [0.3, 0.4) is 0 Å². The van der Waals surface area contributed by atoms with E-state index in [1.54, 1.807) is 11.3 Å². The molecule has 0 bridgehead atoms.